The van der Waals surface area contributed by atoms with Gasteiger partial charge in [-0.15, -0.1) is 0 Å². The number of alkyl halides is 1. The van der Waals surface area contributed by atoms with Crippen molar-refractivity contribution in [1.82, 2.24) is 0 Å². The van der Waals surface area contributed by atoms with E-state index in [1.165, 1.54) is 13.0 Å². The largest absolute Gasteiger partial charge is 0.212 e. The Morgan fingerprint density at radius 2 is 2.00 bits per heavy atom. The van der Waals surface area contributed by atoms with Crippen molar-refractivity contribution in [3.05, 3.63) is 36.2 Å². The van der Waals surface area contributed by atoms with Gasteiger partial charge in [0, 0.05) is 5.33 Å². The van der Waals surface area contributed by atoms with Crippen LogP contribution in [0.15, 0.2) is 36.2 Å². The molecular formula is C10H16BrF. The van der Waals surface area contributed by atoms with Gasteiger partial charge in [-0.2, -0.15) is 0 Å². The van der Waals surface area contributed by atoms with Crippen LogP contribution >= 0.6 is 15.9 Å². The lowest BCUT2D eigenvalue weighted by molar-refractivity contribution is 0.639. The van der Waals surface area contributed by atoms with Crippen LogP contribution in [0.4, 0.5) is 4.39 Å². The Morgan fingerprint density at radius 3 is 2.25 bits per heavy atom. The SMILES string of the molecule is C=C/C=C(\C=C(/C)F)CBr.CC. The van der Waals surface area contributed by atoms with Crippen LogP contribution in [0.25, 0.3) is 0 Å². The van der Waals surface area contributed by atoms with Gasteiger partial charge in [0.25, 0.3) is 0 Å². The van der Waals surface area contributed by atoms with Crippen LogP contribution in [0.3, 0.4) is 0 Å². The quantitative estimate of drug-likeness (QED) is 0.502. The van der Waals surface area contributed by atoms with E-state index >= 15 is 0 Å². The summed E-state index contributed by atoms with van der Waals surface area (Å²) in [7, 11) is 0. The first-order chi connectivity index (χ1) is 5.70. The predicted molar refractivity (Wildman–Crippen MR) is 58.3 cm³/mol. The zero-order chi connectivity index (χ0) is 9.98. The number of hydrogen-bond acceptors (Lipinski definition) is 0. The average molecular weight is 235 g/mol. The first-order valence-corrected chi connectivity index (χ1v) is 5.04. The van der Waals surface area contributed by atoms with Gasteiger partial charge >= 0.3 is 0 Å². The van der Waals surface area contributed by atoms with Crippen molar-refractivity contribution in [2.45, 2.75) is 20.8 Å². The fourth-order valence-electron chi connectivity index (χ4n) is 0.538. The molecule has 0 aromatic rings. The Kier molecular flexibility index (Phi) is 12.6. The molecule has 0 aliphatic rings. The Hall–Kier alpha value is -0.370. The van der Waals surface area contributed by atoms with Crippen LogP contribution in [0.5, 0.6) is 0 Å². The molecule has 0 radical (unpaired) electrons. The van der Waals surface area contributed by atoms with Gasteiger partial charge in [-0.05, 0) is 18.6 Å². The predicted octanol–water partition coefficient (Wildman–Crippen LogP) is 4.39. The van der Waals surface area contributed by atoms with E-state index in [-0.39, 0.29) is 5.83 Å². The van der Waals surface area contributed by atoms with Crippen molar-refractivity contribution in [1.29, 1.82) is 0 Å². The highest BCUT2D eigenvalue weighted by Gasteiger charge is 1.88. The van der Waals surface area contributed by atoms with Gasteiger partial charge in [0.2, 0.25) is 0 Å². The van der Waals surface area contributed by atoms with Crippen LogP contribution in [0.1, 0.15) is 20.8 Å². The molecule has 0 aliphatic carbocycles. The topological polar surface area (TPSA) is 0 Å². The van der Waals surface area contributed by atoms with Gasteiger partial charge in [0.05, 0.1) is 5.83 Å². The second kappa shape index (κ2) is 10.6. The maximum Gasteiger partial charge on any atom is 0.0971 e. The van der Waals surface area contributed by atoms with Gasteiger partial charge in [0.1, 0.15) is 0 Å². The molecule has 0 aromatic carbocycles. The minimum atomic E-state index is -0.187. The van der Waals surface area contributed by atoms with E-state index in [0.29, 0.717) is 5.33 Å². The summed E-state index contributed by atoms with van der Waals surface area (Å²) >= 11 is 3.22. The average Bonchev–Trinajstić information content (AvgIpc) is 2.07. The summed E-state index contributed by atoms with van der Waals surface area (Å²) in [5.41, 5.74) is 0.884. The number of allylic oxidation sites excluding steroid dienone is 5. The highest BCUT2D eigenvalue weighted by atomic mass is 79.9. The molecule has 0 rings (SSSR count). The lowest BCUT2D eigenvalue weighted by Crippen LogP contribution is -1.77. The third-order valence-electron chi connectivity index (χ3n) is 0.871. The van der Waals surface area contributed by atoms with E-state index in [9.17, 15) is 4.39 Å². The van der Waals surface area contributed by atoms with Gasteiger partial charge in [0.15, 0.2) is 0 Å². The fraction of sp³-hybridized carbons (Fsp3) is 0.400. The van der Waals surface area contributed by atoms with E-state index in [1.807, 2.05) is 13.8 Å². The van der Waals surface area contributed by atoms with Crippen LogP contribution in [0, 0.1) is 0 Å². The minimum Gasteiger partial charge on any atom is -0.212 e. The van der Waals surface area contributed by atoms with Crippen molar-refractivity contribution in [3.8, 4) is 0 Å². The summed E-state index contributed by atoms with van der Waals surface area (Å²) < 4.78 is 12.2. The van der Waals surface area contributed by atoms with Crippen molar-refractivity contribution in [2.75, 3.05) is 5.33 Å². The highest BCUT2D eigenvalue weighted by molar-refractivity contribution is 9.09. The molecule has 0 bridgehead atoms. The fourth-order valence-corrected chi connectivity index (χ4v) is 0.887. The van der Waals surface area contributed by atoms with Crippen LogP contribution in [-0.2, 0) is 0 Å². The molecule has 70 valence electrons. The Morgan fingerprint density at radius 1 is 1.50 bits per heavy atom. The minimum absolute atomic E-state index is 0.187. The molecule has 0 spiro atoms. The summed E-state index contributed by atoms with van der Waals surface area (Å²) in [4.78, 5) is 0. The lowest BCUT2D eigenvalue weighted by atomic mass is 10.2. The zero-order valence-electron chi connectivity index (χ0n) is 7.90. The highest BCUT2D eigenvalue weighted by Crippen LogP contribution is 2.06. The van der Waals surface area contributed by atoms with E-state index in [0.717, 1.165) is 5.57 Å². The van der Waals surface area contributed by atoms with E-state index in [2.05, 4.69) is 22.5 Å². The molecule has 0 aliphatic heterocycles. The maximum absolute atomic E-state index is 12.2. The van der Waals surface area contributed by atoms with E-state index in [1.54, 1.807) is 12.2 Å². The van der Waals surface area contributed by atoms with E-state index < -0.39 is 0 Å². The molecule has 0 nitrogen and oxygen atoms in total. The second-order valence-corrected chi connectivity index (χ2v) is 2.40. The standard InChI is InChI=1S/C8H10BrF.C2H6/c1-3-4-8(6-9)5-7(2)10;1-2/h3-5H,1,6H2,2H3;1-2H3/b7-5+,8-4+;. The third-order valence-corrected chi connectivity index (χ3v) is 1.52. The Balaban J connectivity index is 0. The molecule has 0 fully saturated rings. The molecule has 0 saturated carbocycles. The molecule has 0 N–H and O–H groups in total. The molecular weight excluding hydrogens is 219 g/mol. The molecule has 0 atom stereocenters. The summed E-state index contributed by atoms with van der Waals surface area (Å²) in [5.74, 6) is -0.187. The van der Waals surface area contributed by atoms with Gasteiger partial charge in [-0.25, -0.2) is 4.39 Å². The van der Waals surface area contributed by atoms with Crippen molar-refractivity contribution in [2.24, 2.45) is 0 Å². The zero-order valence-corrected chi connectivity index (χ0v) is 9.49. The summed E-state index contributed by atoms with van der Waals surface area (Å²) in [6.07, 6.45) is 4.87. The summed E-state index contributed by atoms with van der Waals surface area (Å²) in [5, 5.41) is 0.653. The Bertz CT molecular complexity index is 162. The molecule has 0 saturated heterocycles. The van der Waals surface area contributed by atoms with Gasteiger partial charge in [-0.1, -0.05) is 48.5 Å². The van der Waals surface area contributed by atoms with Gasteiger partial charge in [-0.3, -0.25) is 0 Å². The smallest absolute Gasteiger partial charge is 0.0971 e. The van der Waals surface area contributed by atoms with Crippen LogP contribution in [0.2, 0.25) is 0 Å². The Labute approximate surface area is 83.0 Å². The van der Waals surface area contributed by atoms with Crippen molar-refractivity contribution >= 4 is 15.9 Å². The maximum atomic E-state index is 12.2. The summed E-state index contributed by atoms with van der Waals surface area (Å²) in [6, 6.07) is 0. The lowest BCUT2D eigenvalue weighted by Gasteiger charge is -1.91. The summed E-state index contributed by atoms with van der Waals surface area (Å²) in [6.45, 7) is 8.92. The van der Waals surface area contributed by atoms with Gasteiger partial charge < -0.3 is 0 Å². The number of rotatable bonds is 3. The molecule has 0 aromatic heterocycles. The first kappa shape index (κ1) is 14.2. The third kappa shape index (κ3) is 9.63. The molecule has 2 heteroatoms. The molecule has 12 heavy (non-hydrogen) atoms. The second-order valence-electron chi connectivity index (χ2n) is 1.84. The van der Waals surface area contributed by atoms with Crippen molar-refractivity contribution < 1.29 is 4.39 Å². The first-order valence-electron chi connectivity index (χ1n) is 3.92. The monoisotopic (exact) mass is 234 g/mol. The molecule has 0 heterocycles. The normalized spacial score (nSPS) is 11.8. The molecule has 0 unspecified atom stereocenters. The van der Waals surface area contributed by atoms with E-state index in [4.69, 9.17) is 0 Å². The molecule has 0 amide bonds. The number of hydrogen-bond donors (Lipinski definition) is 0. The number of halogens is 2. The van der Waals surface area contributed by atoms with Crippen molar-refractivity contribution in [3.63, 3.8) is 0 Å². The van der Waals surface area contributed by atoms with Crippen LogP contribution < -0.4 is 0 Å². The van der Waals surface area contributed by atoms with Crippen LogP contribution in [-0.4, -0.2) is 5.33 Å².